The Labute approximate surface area is 146 Å². The van der Waals surface area contributed by atoms with Gasteiger partial charge in [0.05, 0.1) is 25.5 Å². The lowest BCUT2D eigenvalue weighted by Crippen LogP contribution is -2.22. The second-order valence-corrected chi connectivity index (χ2v) is 5.26. The predicted molar refractivity (Wildman–Crippen MR) is 94.1 cm³/mol. The van der Waals surface area contributed by atoms with E-state index < -0.39 is 6.09 Å². The monoisotopic (exact) mass is 343 g/mol. The fourth-order valence-electron chi connectivity index (χ4n) is 2.13. The summed E-state index contributed by atoms with van der Waals surface area (Å²) in [7, 11) is 2.88. The highest BCUT2D eigenvalue weighted by Gasteiger charge is 2.08. The first kappa shape index (κ1) is 18.3. The van der Waals surface area contributed by atoms with Crippen molar-refractivity contribution in [2.45, 2.75) is 20.4 Å². The van der Waals surface area contributed by atoms with Crippen LogP contribution in [0.4, 0.5) is 4.79 Å². The number of nitrogens with zero attached hydrogens (tertiary/aromatic N) is 2. The molecule has 0 bridgehead atoms. The smallest absolute Gasteiger partial charge is 0.407 e. The van der Waals surface area contributed by atoms with E-state index in [1.54, 1.807) is 19.4 Å². The molecule has 132 valence electrons. The van der Waals surface area contributed by atoms with Crippen molar-refractivity contribution in [3.8, 4) is 11.6 Å². The van der Waals surface area contributed by atoms with Crippen LogP contribution in [-0.2, 0) is 11.3 Å². The van der Waals surface area contributed by atoms with Crippen molar-refractivity contribution < 1.29 is 19.1 Å². The lowest BCUT2D eigenvalue weighted by atomic mass is 10.1. The summed E-state index contributed by atoms with van der Waals surface area (Å²) in [6.07, 6.45) is 1.17. The van der Waals surface area contributed by atoms with Crippen molar-refractivity contribution in [2.24, 2.45) is 5.16 Å². The maximum Gasteiger partial charge on any atom is 0.407 e. The van der Waals surface area contributed by atoms with Gasteiger partial charge in [0.2, 0.25) is 5.88 Å². The third kappa shape index (κ3) is 4.94. The van der Waals surface area contributed by atoms with E-state index in [2.05, 4.69) is 20.2 Å². The third-order valence-corrected chi connectivity index (χ3v) is 3.57. The van der Waals surface area contributed by atoms with Crippen LogP contribution < -0.4 is 14.9 Å². The molecule has 0 saturated carbocycles. The summed E-state index contributed by atoms with van der Waals surface area (Å²) in [5, 5.41) is 6.79. The van der Waals surface area contributed by atoms with Crippen LogP contribution in [-0.4, -0.2) is 31.0 Å². The maximum atomic E-state index is 11.2. The lowest BCUT2D eigenvalue weighted by molar-refractivity contribution is 0.170. The number of carbonyl (C=O) groups is 1. The number of amides is 1. The summed E-state index contributed by atoms with van der Waals surface area (Å²) >= 11 is 0. The molecule has 0 radical (unpaired) electrons. The average molecular weight is 343 g/mol. The van der Waals surface area contributed by atoms with Gasteiger partial charge in [-0.2, -0.15) is 0 Å². The van der Waals surface area contributed by atoms with Gasteiger partial charge < -0.3 is 19.6 Å². The van der Waals surface area contributed by atoms with Crippen LogP contribution in [0.2, 0.25) is 0 Å². The number of pyridine rings is 1. The van der Waals surface area contributed by atoms with Gasteiger partial charge in [-0.05, 0) is 49.2 Å². The molecule has 0 aliphatic carbocycles. The third-order valence-electron chi connectivity index (χ3n) is 3.57. The van der Waals surface area contributed by atoms with Crippen LogP contribution in [0, 0.1) is 6.92 Å². The molecular weight excluding hydrogens is 322 g/mol. The number of rotatable bonds is 6. The summed E-state index contributed by atoms with van der Waals surface area (Å²) in [4.78, 5) is 20.9. The molecule has 0 fully saturated rings. The Kier molecular flexibility index (Phi) is 6.33. The molecule has 1 aromatic carbocycles. The number of carbonyl (C=O) groups excluding carboxylic acids is 1. The Morgan fingerprint density at radius 1 is 1.28 bits per heavy atom. The molecular formula is C18H21N3O4. The molecule has 1 heterocycles. The van der Waals surface area contributed by atoms with Crippen LogP contribution >= 0.6 is 0 Å². The van der Waals surface area contributed by atoms with E-state index in [1.165, 1.54) is 7.11 Å². The van der Waals surface area contributed by atoms with Gasteiger partial charge in [-0.15, -0.1) is 0 Å². The van der Waals surface area contributed by atoms with Gasteiger partial charge in [-0.1, -0.05) is 11.2 Å². The SMILES string of the molecule is COC(=O)NCc1cc(O/N=C(\C)c2cccnc2OC)ccc1C. The van der Waals surface area contributed by atoms with E-state index in [4.69, 9.17) is 9.57 Å². The minimum absolute atomic E-state index is 0.342. The van der Waals surface area contributed by atoms with E-state index in [0.29, 0.717) is 23.9 Å². The molecule has 2 rings (SSSR count). The molecule has 0 atom stereocenters. The number of aromatic nitrogens is 1. The number of oxime groups is 1. The van der Waals surface area contributed by atoms with Gasteiger partial charge in [-0.25, -0.2) is 9.78 Å². The van der Waals surface area contributed by atoms with Crippen LogP contribution in [0.1, 0.15) is 23.6 Å². The largest absolute Gasteiger partial charge is 0.481 e. The minimum atomic E-state index is -0.483. The molecule has 7 heteroatoms. The van der Waals surface area contributed by atoms with Crippen molar-refractivity contribution >= 4 is 11.8 Å². The van der Waals surface area contributed by atoms with Crippen molar-refractivity contribution in [3.05, 3.63) is 53.2 Å². The number of ether oxygens (including phenoxy) is 2. The second-order valence-electron chi connectivity index (χ2n) is 5.26. The Morgan fingerprint density at radius 2 is 2.08 bits per heavy atom. The number of hydrogen-bond acceptors (Lipinski definition) is 6. The molecule has 0 spiro atoms. The van der Waals surface area contributed by atoms with E-state index in [9.17, 15) is 4.79 Å². The van der Waals surface area contributed by atoms with E-state index in [1.807, 2.05) is 38.1 Å². The fraction of sp³-hybridized carbons (Fsp3) is 0.278. The van der Waals surface area contributed by atoms with E-state index in [-0.39, 0.29) is 0 Å². The lowest BCUT2D eigenvalue weighted by Gasteiger charge is -2.09. The zero-order valence-electron chi connectivity index (χ0n) is 14.7. The van der Waals surface area contributed by atoms with Crippen molar-refractivity contribution in [3.63, 3.8) is 0 Å². The number of aryl methyl sites for hydroxylation is 1. The van der Waals surface area contributed by atoms with Gasteiger partial charge in [-0.3, -0.25) is 0 Å². The molecule has 1 amide bonds. The maximum absolute atomic E-state index is 11.2. The molecule has 0 saturated heterocycles. The van der Waals surface area contributed by atoms with Gasteiger partial charge in [0.15, 0.2) is 5.75 Å². The van der Waals surface area contributed by atoms with Crippen LogP contribution in [0.5, 0.6) is 11.6 Å². The first-order valence-corrected chi connectivity index (χ1v) is 7.67. The first-order valence-electron chi connectivity index (χ1n) is 7.67. The molecule has 1 aromatic heterocycles. The summed E-state index contributed by atoms with van der Waals surface area (Å²) in [6.45, 7) is 4.11. The predicted octanol–water partition coefficient (Wildman–Crippen LogP) is 3.06. The summed E-state index contributed by atoms with van der Waals surface area (Å²) in [5.41, 5.74) is 3.33. The van der Waals surface area contributed by atoms with Crippen molar-refractivity contribution in [1.82, 2.24) is 10.3 Å². The topological polar surface area (TPSA) is 82.0 Å². The number of nitrogens with one attached hydrogen (secondary N) is 1. The summed E-state index contributed by atoms with van der Waals surface area (Å²) in [5.74, 6) is 1.05. The highest BCUT2D eigenvalue weighted by atomic mass is 16.6. The molecule has 25 heavy (non-hydrogen) atoms. The Hall–Kier alpha value is -3.09. The normalized spacial score (nSPS) is 11.0. The molecule has 1 N–H and O–H groups in total. The van der Waals surface area contributed by atoms with Gasteiger partial charge in [0.1, 0.15) is 0 Å². The Balaban J connectivity index is 2.13. The van der Waals surface area contributed by atoms with Crippen LogP contribution in [0.3, 0.4) is 0 Å². The Bertz CT molecular complexity index is 775. The molecule has 7 nitrogen and oxygen atoms in total. The number of hydrogen-bond donors (Lipinski definition) is 1. The summed E-state index contributed by atoms with van der Waals surface area (Å²) in [6, 6.07) is 9.20. The molecule has 0 unspecified atom stereocenters. The molecule has 2 aromatic rings. The highest BCUT2D eigenvalue weighted by Crippen LogP contribution is 2.19. The summed E-state index contributed by atoms with van der Waals surface area (Å²) < 4.78 is 9.79. The zero-order valence-corrected chi connectivity index (χ0v) is 14.7. The van der Waals surface area contributed by atoms with Gasteiger partial charge >= 0.3 is 6.09 Å². The highest BCUT2D eigenvalue weighted by molar-refractivity contribution is 6.00. The standard InChI is InChI=1S/C18H21N3O4/c1-12-7-8-15(10-14(12)11-20-18(22)24-4)25-21-13(2)16-6-5-9-19-17(16)23-3/h5-10H,11H2,1-4H3,(H,20,22)/b21-13+. The number of alkyl carbamates (subject to hydrolysis) is 1. The Morgan fingerprint density at radius 3 is 2.80 bits per heavy atom. The van der Waals surface area contributed by atoms with Crippen molar-refractivity contribution in [1.29, 1.82) is 0 Å². The fourth-order valence-corrected chi connectivity index (χ4v) is 2.13. The second kappa shape index (κ2) is 8.68. The first-order chi connectivity index (χ1) is 12.0. The van der Waals surface area contributed by atoms with Gasteiger partial charge in [0, 0.05) is 12.7 Å². The average Bonchev–Trinajstić information content (AvgIpc) is 2.65. The van der Waals surface area contributed by atoms with Crippen molar-refractivity contribution in [2.75, 3.05) is 14.2 Å². The van der Waals surface area contributed by atoms with Crippen LogP contribution in [0.25, 0.3) is 0 Å². The number of methoxy groups -OCH3 is 2. The number of benzene rings is 1. The minimum Gasteiger partial charge on any atom is -0.481 e. The van der Waals surface area contributed by atoms with Gasteiger partial charge in [0.25, 0.3) is 0 Å². The quantitative estimate of drug-likeness (QED) is 0.644. The van der Waals surface area contributed by atoms with E-state index >= 15 is 0 Å². The zero-order chi connectivity index (χ0) is 18.2. The molecule has 0 aliphatic rings. The molecule has 0 aliphatic heterocycles. The van der Waals surface area contributed by atoms with Crippen LogP contribution in [0.15, 0.2) is 41.7 Å². The van der Waals surface area contributed by atoms with E-state index in [0.717, 1.165) is 16.7 Å².